The van der Waals surface area contributed by atoms with E-state index in [0.717, 1.165) is 5.56 Å². The predicted molar refractivity (Wildman–Crippen MR) is 62.4 cm³/mol. The molecular formula is C10H14ClNO2S. The summed E-state index contributed by atoms with van der Waals surface area (Å²) < 4.78 is 5.79. The largest absolute Gasteiger partial charge is 0.444 e. The molecule has 0 saturated carbocycles. The fraction of sp³-hybridized carbons (Fsp3) is 0.500. The van der Waals surface area contributed by atoms with Gasteiger partial charge in [0.15, 0.2) is 0 Å². The molecule has 84 valence electrons. The molecule has 0 aliphatic heterocycles. The topological polar surface area (TPSA) is 38.3 Å². The van der Waals surface area contributed by atoms with E-state index >= 15 is 0 Å². The number of ether oxygens (including phenoxy) is 1. The Morgan fingerprint density at radius 3 is 2.73 bits per heavy atom. The highest BCUT2D eigenvalue weighted by atomic mass is 35.5. The summed E-state index contributed by atoms with van der Waals surface area (Å²) in [5.74, 6) is 0. The first kappa shape index (κ1) is 12.3. The number of alkyl carbamates (subject to hydrolysis) is 1. The Kier molecular flexibility index (Phi) is 3.99. The van der Waals surface area contributed by atoms with Crippen molar-refractivity contribution in [3.05, 3.63) is 21.3 Å². The summed E-state index contributed by atoms with van der Waals surface area (Å²) in [4.78, 5) is 11.3. The number of hydrogen-bond donors (Lipinski definition) is 1. The molecule has 3 nitrogen and oxygen atoms in total. The highest BCUT2D eigenvalue weighted by molar-refractivity contribution is 7.14. The Morgan fingerprint density at radius 2 is 2.27 bits per heavy atom. The molecule has 0 atom stereocenters. The molecule has 0 unspecified atom stereocenters. The van der Waals surface area contributed by atoms with Crippen LogP contribution in [0.3, 0.4) is 0 Å². The average Bonchev–Trinajstić information content (AvgIpc) is 2.44. The van der Waals surface area contributed by atoms with Crippen LogP contribution in [-0.4, -0.2) is 11.7 Å². The van der Waals surface area contributed by atoms with Gasteiger partial charge in [0, 0.05) is 12.1 Å². The van der Waals surface area contributed by atoms with Gasteiger partial charge in [0.1, 0.15) is 5.60 Å². The van der Waals surface area contributed by atoms with Crippen molar-refractivity contribution in [2.45, 2.75) is 32.9 Å². The monoisotopic (exact) mass is 247 g/mol. The number of rotatable bonds is 2. The number of nitrogens with one attached hydrogen (secondary N) is 1. The minimum Gasteiger partial charge on any atom is -0.444 e. The summed E-state index contributed by atoms with van der Waals surface area (Å²) in [7, 11) is 0. The first-order valence-electron chi connectivity index (χ1n) is 4.57. The molecule has 0 aromatic carbocycles. The minimum absolute atomic E-state index is 0.400. The Morgan fingerprint density at radius 1 is 1.60 bits per heavy atom. The van der Waals surface area contributed by atoms with Crippen molar-refractivity contribution in [1.82, 2.24) is 5.32 Å². The van der Waals surface area contributed by atoms with Crippen LogP contribution in [0.4, 0.5) is 4.79 Å². The van der Waals surface area contributed by atoms with Gasteiger partial charge in [-0.25, -0.2) is 4.79 Å². The average molecular weight is 248 g/mol. The first-order valence-corrected chi connectivity index (χ1v) is 5.83. The van der Waals surface area contributed by atoms with E-state index in [1.807, 2.05) is 32.2 Å². The van der Waals surface area contributed by atoms with E-state index in [1.165, 1.54) is 11.3 Å². The highest BCUT2D eigenvalue weighted by Crippen LogP contribution is 2.22. The van der Waals surface area contributed by atoms with Gasteiger partial charge in [-0.05, 0) is 32.2 Å². The zero-order valence-electron chi connectivity index (χ0n) is 8.96. The standard InChI is InChI=1S/C10H14ClNO2S/c1-10(2,3)14-9(13)12-6-7-4-5-15-8(7)11/h4-5H,6H2,1-3H3,(H,12,13). The molecule has 0 aliphatic carbocycles. The van der Waals surface area contributed by atoms with Gasteiger partial charge >= 0.3 is 6.09 Å². The van der Waals surface area contributed by atoms with E-state index in [-0.39, 0.29) is 0 Å². The molecule has 1 rings (SSSR count). The van der Waals surface area contributed by atoms with Crippen LogP contribution in [0.2, 0.25) is 4.34 Å². The lowest BCUT2D eigenvalue weighted by molar-refractivity contribution is 0.0523. The maximum Gasteiger partial charge on any atom is 0.407 e. The predicted octanol–water partition coefficient (Wildman–Crippen LogP) is 3.43. The Hall–Kier alpha value is -0.740. The van der Waals surface area contributed by atoms with Gasteiger partial charge in [0.05, 0.1) is 4.34 Å². The fourth-order valence-corrected chi connectivity index (χ4v) is 1.85. The molecule has 15 heavy (non-hydrogen) atoms. The third-order valence-electron chi connectivity index (χ3n) is 1.52. The van der Waals surface area contributed by atoms with Crippen LogP contribution >= 0.6 is 22.9 Å². The van der Waals surface area contributed by atoms with Crippen molar-refractivity contribution in [3.63, 3.8) is 0 Å². The van der Waals surface area contributed by atoms with Gasteiger partial charge in [0.2, 0.25) is 0 Å². The third kappa shape index (κ3) is 4.53. The highest BCUT2D eigenvalue weighted by Gasteiger charge is 2.15. The van der Waals surface area contributed by atoms with E-state index in [4.69, 9.17) is 16.3 Å². The number of amides is 1. The maximum atomic E-state index is 11.3. The van der Waals surface area contributed by atoms with Crippen molar-refractivity contribution in [1.29, 1.82) is 0 Å². The van der Waals surface area contributed by atoms with E-state index in [2.05, 4.69) is 5.32 Å². The number of hydrogen-bond acceptors (Lipinski definition) is 3. The molecule has 0 aliphatic rings. The number of halogens is 1. The molecule has 1 aromatic rings. The first-order chi connectivity index (χ1) is 6.88. The normalized spacial score (nSPS) is 11.2. The van der Waals surface area contributed by atoms with Crippen molar-refractivity contribution < 1.29 is 9.53 Å². The van der Waals surface area contributed by atoms with Gasteiger partial charge in [-0.3, -0.25) is 0 Å². The van der Waals surface area contributed by atoms with Crippen molar-refractivity contribution in [3.8, 4) is 0 Å². The quantitative estimate of drug-likeness (QED) is 0.870. The van der Waals surface area contributed by atoms with Crippen LogP contribution in [0.25, 0.3) is 0 Å². The third-order valence-corrected chi connectivity index (χ3v) is 2.77. The lowest BCUT2D eigenvalue weighted by atomic mass is 10.2. The van der Waals surface area contributed by atoms with Gasteiger partial charge in [-0.15, -0.1) is 11.3 Å². The van der Waals surface area contributed by atoms with E-state index in [0.29, 0.717) is 10.9 Å². The second-order valence-corrected chi connectivity index (χ2v) is 5.59. The van der Waals surface area contributed by atoms with E-state index in [1.54, 1.807) is 0 Å². The van der Waals surface area contributed by atoms with E-state index < -0.39 is 11.7 Å². The van der Waals surface area contributed by atoms with Crippen molar-refractivity contribution in [2.24, 2.45) is 0 Å². The molecule has 1 heterocycles. The second-order valence-electron chi connectivity index (χ2n) is 4.07. The molecule has 1 amide bonds. The lowest BCUT2D eigenvalue weighted by Crippen LogP contribution is -2.32. The van der Waals surface area contributed by atoms with Crippen LogP contribution in [0.1, 0.15) is 26.3 Å². The summed E-state index contributed by atoms with van der Waals surface area (Å²) in [6, 6.07) is 1.88. The minimum atomic E-state index is -0.470. The zero-order chi connectivity index (χ0) is 11.5. The van der Waals surface area contributed by atoms with Gasteiger partial charge in [-0.1, -0.05) is 11.6 Å². The van der Waals surface area contributed by atoms with Gasteiger partial charge in [-0.2, -0.15) is 0 Å². The lowest BCUT2D eigenvalue weighted by Gasteiger charge is -2.19. The Balaban J connectivity index is 2.38. The molecule has 0 spiro atoms. The molecule has 0 radical (unpaired) electrons. The van der Waals surface area contributed by atoms with Crippen molar-refractivity contribution >= 4 is 29.0 Å². The van der Waals surface area contributed by atoms with Crippen LogP contribution in [0.15, 0.2) is 11.4 Å². The van der Waals surface area contributed by atoms with Crippen LogP contribution in [0.5, 0.6) is 0 Å². The summed E-state index contributed by atoms with van der Waals surface area (Å²) in [6.45, 7) is 5.87. The molecule has 0 fully saturated rings. The molecular weight excluding hydrogens is 234 g/mol. The van der Waals surface area contributed by atoms with E-state index in [9.17, 15) is 4.79 Å². The summed E-state index contributed by atoms with van der Waals surface area (Å²) in [6.07, 6.45) is -0.426. The number of thiophene rings is 1. The summed E-state index contributed by atoms with van der Waals surface area (Å²) in [5, 5.41) is 4.53. The van der Waals surface area contributed by atoms with Crippen LogP contribution in [-0.2, 0) is 11.3 Å². The zero-order valence-corrected chi connectivity index (χ0v) is 10.5. The summed E-state index contributed by atoms with van der Waals surface area (Å²) in [5.41, 5.74) is 0.440. The Labute approximate surface area is 98.4 Å². The second kappa shape index (κ2) is 4.86. The molecule has 0 bridgehead atoms. The van der Waals surface area contributed by atoms with Crippen LogP contribution in [0, 0.1) is 0 Å². The smallest absolute Gasteiger partial charge is 0.407 e. The van der Waals surface area contributed by atoms with Crippen LogP contribution < -0.4 is 5.32 Å². The Bertz CT molecular complexity index is 343. The maximum absolute atomic E-state index is 11.3. The summed E-state index contributed by atoms with van der Waals surface area (Å²) >= 11 is 7.33. The fourth-order valence-electron chi connectivity index (χ4n) is 0.927. The van der Waals surface area contributed by atoms with Gasteiger partial charge < -0.3 is 10.1 Å². The number of carbonyl (C=O) groups excluding carboxylic acids is 1. The SMILES string of the molecule is CC(C)(C)OC(=O)NCc1ccsc1Cl. The van der Waals surface area contributed by atoms with Crippen molar-refractivity contribution in [2.75, 3.05) is 0 Å². The molecule has 5 heteroatoms. The molecule has 1 aromatic heterocycles. The molecule has 0 saturated heterocycles. The number of carbonyl (C=O) groups is 1. The molecule has 1 N–H and O–H groups in total. The van der Waals surface area contributed by atoms with Gasteiger partial charge in [0.25, 0.3) is 0 Å².